The Hall–Kier alpha value is -1.22. The smallest absolute Gasteiger partial charge is 0.212 e. The van der Waals surface area contributed by atoms with Crippen LogP contribution in [-0.2, 0) is 0 Å². The van der Waals surface area contributed by atoms with E-state index < -0.39 is 0 Å². The second-order valence-electron chi connectivity index (χ2n) is 4.03. The second kappa shape index (κ2) is 3.17. The number of rotatable bonds is 3. The van der Waals surface area contributed by atoms with Crippen molar-refractivity contribution in [1.82, 2.24) is 0 Å². The third-order valence-electron chi connectivity index (χ3n) is 2.80. The van der Waals surface area contributed by atoms with Gasteiger partial charge in [0.25, 0.3) is 0 Å². The number of benzene rings is 1. The molecule has 2 rings (SSSR count). The lowest BCUT2D eigenvalue weighted by atomic mass is 9.88. The number of nitrogens with zero attached hydrogens (tertiary/aromatic N) is 2. The molecule has 3 nitrogen and oxygen atoms in total. The van der Waals surface area contributed by atoms with Crippen molar-refractivity contribution in [2.45, 2.75) is 25.6 Å². The highest BCUT2D eigenvalue weighted by Gasteiger charge is 2.49. The summed E-state index contributed by atoms with van der Waals surface area (Å²) in [6.07, 6.45) is 0. The third-order valence-corrected chi connectivity index (χ3v) is 2.80. The van der Waals surface area contributed by atoms with Crippen LogP contribution in [0.25, 0.3) is 0 Å². The molecule has 3 heteroatoms. The molecular weight excluding hydrogens is 174 g/mol. The summed E-state index contributed by atoms with van der Waals surface area (Å²) in [5, 5.41) is 8.22. The molecule has 0 saturated heterocycles. The highest BCUT2D eigenvalue weighted by Crippen LogP contribution is 2.44. The standard InChI is InChI=1S/C11H15N3/c1-8(2)11(13-14-11)10(12)9-6-4-3-5-7-9/h3-8,10H,12H2,1-2H3. The van der Waals surface area contributed by atoms with Crippen molar-refractivity contribution < 1.29 is 0 Å². The minimum absolute atomic E-state index is 0.108. The van der Waals surface area contributed by atoms with Gasteiger partial charge in [-0.1, -0.05) is 44.2 Å². The molecule has 0 saturated carbocycles. The van der Waals surface area contributed by atoms with Crippen LogP contribution in [0.5, 0.6) is 0 Å². The first-order valence-electron chi connectivity index (χ1n) is 4.91. The van der Waals surface area contributed by atoms with E-state index in [9.17, 15) is 0 Å². The van der Waals surface area contributed by atoms with E-state index in [-0.39, 0.29) is 11.7 Å². The molecule has 1 aromatic carbocycles. The van der Waals surface area contributed by atoms with Crippen LogP contribution in [0.2, 0.25) is 0 Å². The molecule has 0 aliphatic carbocycles. The number of hydrogen-bond acceptors (Lipinski definition) is 3. The van der Waals surface area contributed by atoms with Crippen LogP contribution >= 0.6 is 0 Å². The van der Waals surface area contributed by atoms with E-state index in [2.05, 4.69) is 24.1 Å². The zero-order valence-electron chi connectivity index (χ0n) is 8.51. The van der Waals surface area contributed by atoms with Crippen LogP contribution in [0.3, 0.4) is 0 Å². The molecular formula is C11H15N3. The van der Waals surface area contributed by atoms with Crippen LogP contribution in [0.1, 0.15) is 25.5 Å². The lowest BCUT2D eigenvalue weighted by Gasteiger charge is -2.22. The van der Waals surface area contributed by atoms with Gasteiger partial charge in [-0.25, -0.2) is 0 Å². The van der Waals surface area contributed by atoms with Gasteiger partial charge in [-0.15, -0.1) is 0 Å². The van der Waals surface area contributed by atoms with Gasteiger partial charge in [0.1, 0.15) is 0 Å². The molecule has 0 radical (unpaired) electrons. The Morgan fingerprint density at radius 3 is 2.14 bits per heavy atom. The highest BCUT2D eigenvalue weighted by molar-refractivity contribution is 5.25. The molecule has 2 N–H and O–H groups in total. The van der Waals surface area contributed by atoms with Crippen LogP contribution in [0, 0.1) is 5.92 Å². The van der Waals surface area contributed by atoms with Crippen molar-refractivity contribution in [3.63, 3.8) is 0 Å². The van der Waals surface area contributed by atoms with Gasteiger partial charge in [-0.05, 0) is 5.56 Å². The molecule has 0 amide bonds. The molecule has 0 aromatic heterocycles. The average molecular weight is 189 g/mol. The van der Waals surface area contributed by atoms with Gasteiger partial charge >= 0.3 is 0 Å². The predicted octanol–water partition coefficient (Wildman–Crippen LogP) is 2.50. The molecule has 14 heavy (non-hydrogen) atoms. The van der Waals surface area contributed by atoms with Crippen LogP contribution in [0.4, 0.5) is 0 Å². The van der Waals surface area contributed by atoms with Crippen LogP contribution in [0.15, 0.2) is 40.6 Å². The Labute approximate surface area is 84.0 Å². The molecule has 1 atom stereocenters. The number of hydrogen-bond donors (Lipinski definition) is 1. The van der Waals surface area contributed by atoms with Gasteiger partial charge in [0, 0.05) is 5.92 Å². The lowest BCUT2D eigenvalue weighted by molar-refractivity contribution is 0.366. The zero-order chi connectivity index (χ0) is 10.2. The van der Waals surface area contributed by atoms with Gasteiger partial charge in [0.15, 0.2) is 0 Å². The van der Waals surface area contributed by atoms with Gasteiger partial charge in [0.05, 0.1) is 6.04 Å². The summed E-state index contributed by atoms with van der Waals surface area (Å²) in [5.41, 5.74) is 6.89. The maximum absolute atomic E-state index is 6.15. The summed E-state index contributed by atoms with van der Waals surface area (Å²) in [5.74, 6) is 0.359. The Bertz CT molecular complexity index is 337. The first-order valence-corrected chi connectivity index (χ1v) is 4.91. The van der Waals surface area contributed by atoms with Crippen molar-refractivity contribution in [3.8, 4) is 0 Å². The molecule has 1 heterocycles. The normalized spacial score (nSPS) is 19.7. The topological polar surface area (TPSA) is 50.7 Å². The fraction of sp³-hybridized carbons (Fsp3) is 0.455. The minimum atomic E-state index is -0.360. The van der Waals surface area contributed by atoms with Crippen molar-refractivity contribution in [2.24, 2.45) is 21.9 Å². The Morgan fingerprint density at radius 1 is 1.14 bits per heavy atom. The molecule has 74 valence electrons. The van der Waals surface area contributed by atoms with Gasteiger partial charge in [-0.3, -0.25) is 0 Å². The zero-order valence-corrected chi connectivity index (χ0v) is 8.51. The summed E-state index contributed by atoms with van der Waals surface area (Å²) in [6.45, 7) is 4.20. The fourth-order valence-corrected chi connectivity index (χ4v) is 1.68. The molecule has 0 fully saturated rings. The van der Waals surface area contributed by atoms with E-state index in [4.69, 9.17) is 5.73 Å². The van der Waals surface area contributed by atoms with Gasteiger partial charge < -0.3 is 5.73 Å². The van der Waals surface area contributed by atoms with E-state index in [0.29, 0.717) is 5.92 Å². The molecule has 1 aliphatic heterocycles. The quantitative estimate of drug-likeness (QED) is 0.780. The molecule has 0 bridgehead atoms. The summed E-state index contributed by atoms with van der Waals surface area (Å²) >= 11 is 0. The Morgan fingerprint density at radius 2 is 1.71 bits per heavy atom. The monoisotopic (exact) mass is 189 g/mol. The fourth-order valence-electron chi connectivity index (χ4n) is 1.68. The third kappa shape index (κ3) is 1.34. The van der Waals surface area contributed by atoms with E-state index in [1.165, 1.54) is 0 Å². The highest BCUT2D eigenvalue weighted by atomic mass is 15.5. The molecule has 1 aliphatic rings. The van der Waals surface area contributed by atoms with Crippen molar-refractivity contribution in [1.29, 1.82) is 0 Å². The Balaban J connectivity index is 2.21. The minimum Gasteiger partial charge on any atom is -0.320 e. The molecule has 0 spiro atoms. The summed E-state index contributed by atoms with van der Waals surface area (Å²) in [7, 11) is 0. The van der Waals surface area contributed by atoms with Crippen LogP contribution in [-0.4, -0.2) is 5.66 Å². The first kappa shape index (κ1) is 9.34. The second-order valence-corrected chi connectivity index (χ2v) is 4.03. The van der Waals surface area contributed by atoms with E-state index >= 15 is 0 Å². The SMILES string of the molecule is CC(C)C1(C(N)c2ccccc2)N=N1. The largest absolute Gasteiger partial charge is 0.320 e. The van der Waals surface area contributed by atoms with Crippen molar-refractivity contribution >= 4 is 0 Å². The Kier molecular flexibility index (Phi) is 2.11. The summed E-state index contributed by atoms with van der Waals surface area (Å²) in [6, 6.07) is 9.91. The van der Waals surface area contributed by atoms with Crippen LogP contribution < -0.4 is 5.73 Å². The number of nitrogens with two attached hydrogens (primary N) is 1. The van der Waals surface area contributed by atoms with Gasteiger partial charge in [-0.2, -0.15) is 10.2 Å². The molecule has 1 unspecified atom stereocenters. The molecule has 1 aromatic rings. The average Bonchev–Trinajstić information content (AvgIpc) is 2.99. The first-order chi connectivity index (χ1) is 6.67. The maximum Gasteiger partial charge on any atom is 0.212 e. The van der Waals surface area contributed by atoms with Gasteiger partial charge in [0.2, 0.25) is 5.66 Å². The van der Waals surface area contributed by atoms with Crippen molar-refractivity contribution in [3.05, 3.63) is 35.9 Å². The van der Waals surface area contributed by atoms with E-state index in [1.807, 2.05) is 30.3 Å². The lowest BCUT2D eigenvalue weighted by Crippen LogP contribution is -2.34. The van der Waals surface area contributed by atoms with E-state index in [0.717, 1.165) is 5.56 Å². The van der Waals surface area contributed by atoms with E-state index in [1.54, 1.807) is 0 Å². The maximum atomic E-state index is 6.15. The predicted molar refractivity (Wildman–Crippen MR) is 55.8 cm³/mol. The van der Waals surface area contributed by atoms with Crippen molar-refractivity contribution in [2.75, 3.05) is 0 Å². The summed E-state index contributed by atoms with van der Waals surface area (Å²) in [4.78, 5) is 0. The summed E-state index contributed by atoms with van der Waals surface area (Å²) < 4.78 is 0.